The molecule has 4 heteroatoms. The molecule has 0 fully saturated rings. The van der Waals surface area contributed by atoms with Crippen molar-refractivity contribution in [1.82, 2.24) is 9.97 Å². The molecule has 0 radical (unpaired) electrons. The molecular formula is C14H15IN2O. The summed E-state index contributed by atoms with van der Waals surface area (Å²) >= 11 is 2.25. The highest BCUT2D eigenvalue weighted by atomic mass is 127. The van der Waals surface area contributed by atoms with E-state index in [1.165, 1.54) is 0 Å². The zero-order valence-corrected chi connectivity index (χ0v) is 12.8. The third-order valence-corrected chi connectivity index (χ3v) is 3.31. The van der Waals surface area contributed by atoms with Crippen LogP contribution in [0, 0.1) is 10.5 Å². The van der Waals surface area contributed by atoms with Crippen molar-refractivity contribution < 1.29 is 4.74 Å². The second kappa shape index (κ2) is 5.65. The monoisotopic (exact) mass is 354 g/mol. The van der Waals surface area contributed by atoms with Gasteiger partial charge in [0.25, 0.3) is 0 Å². The van der Waals surface area contributed by atoms with Crippen LogP contribution in [0.4, 0.5) is 0 Å². The summed E-state index contributed by atoms with van der Waals surface area (Å²) in [6.07, 6.45) is 0. The predicted octanol–water partition coefficient (Wildman–Crippen LogP) is 4.31. The summed E-state index contributed by atoms with van der Waals surface area (Å²) in [6.45, 7) is 6.10. The smallest absolute Gasteiger partial charge is 0.222 e. The van der Waals surface area contributed by atoms with Crippen LogP contribution in [0.15, 0.2) is 30.3 Å². The number of hydrogen-bond acceptors (Lipinski definition) is 3. The Labute approximate surface area is 121 Å². The summed E-state index contributed by atoms with van der Waals surface area (Å²) in [5.74, 6) is 2.54. The van der Waals surface area contributed by atoms with Gasteiger partial charge in [0, 0.05) is 17.7 Å². The van der Waals surface area contributed by atoms with E-state index in [1.807, 2.05) is 37.3 Å². The van der Waals surface area contributed by atoms with Crippen LogP contribution in [-0.4, -0.2) is 9.97 Å². The SMILES string of the molecule is Cc1cc(Oc2ccccc2I)nc(C(C)C)n1. The van der Waals surface area contributed by atoms with Crippen LogP contribution in [-0.2, 0) is 0 Å². The van der Waals surface area contributed by atoms with Crippen LogP contribution >= 0.6 is 22.6 Å². The average Bonchev–Trinajstić information content (AvgIpc) is 2.31. The Balaban J connectivity index is 2.32. The van der Waals surface area contributed by atoms with Gasteiger partial charge in [0.1, 0.15) is 11.6 Å². The van der Waals surface area contributed by atoms with Crippen molar-refractivity contribution in [3.05, 3.63) is 45.4 Å². The van der Waals surface area contributed by atoms with Crippen LogP contribution in [0.2, 0.25) is 0 Å². The molecule has 0 N–H and O–H groups in total. The number of ether oxygens (including phenoxy) is 1. The van der Waals surface area contributed by atoms with Gasteiger partial charge in [0.2, 0.25) is 5.88 Å². The normalized spacial score (nSPS) is 10.7. The molecule has 0 bridgehead atoms. The Morgan fingerprint density at radius 2 is 1.89 bits per heavy atom. The van der Waals surface area contributed by atoms with E-state index in [-0.39, 0.29) is 0 Å². The first-order chi connectivity index (χ1) is 8.56. The van der Waals surface area contributed by atoms with Crippen LogP contribution < -0.4 is 4.74 Å². The maximum absolute atomic E-state index is 5.82. The van der Waals surface area contributed by atoms with Crippen molar-refractivity contribution in [2.24, 2.45) is 0 Å². The molecule has 1 aromatic carbocycles. The lowest BCUT2D eigenvalue weighted by molar-refractivity contribution is 0.453. The molecule has 0 amide bonds. The molecule has 0 saturated heterocycles. The first-order valence-corrected chi connectivity index (χ1v) is 6.92. The molecule has 0 spiro atoms. The molecule has 0 saturated carbocycles. The van der Waals surface area contributed by atoms with E-state index in [9.17, 15) is 0 Å². The minimum absolute atomic E-state index is 0.294. The van der Waals surface area contributed by atoms with E-state index >= 15 is 0 Å². The Hall–Kier alpha value is -1.17. The highest BCUT2D eigenvalue weighted by Gasteiger charge is 2.08. The van der Waals surface area contributed by atoms with Crippen molar-refractivity contribution in [1.29, 1.82) is 0 Å². The number of aromatic nitrogens is 2. The van der Waals surface area contributed by atoms with Gasteiger partial charge in [0.05, 0.1) is 3.57 Å². The minimum atomic E-state index is 0.294. The third kappa shape index (κ3) is 3.19. The number of aryl methyl sites for hydroxylation is 1. The number of hydrogen-bond donors (Lipinski definition) is 0. The standard InChI is InChI=1S/C14H15IN2O/c1-9(2)14-16-10(3)8-13(17-14)18-12-7-5-4-6-11(12)15/h4-9H,1-3H3. The second-order valence-corrected chi connectivity index (χ2v) is 5.56. The van der Waals surface area contributed by atoms with Gasteiger partial charge in [-0.2, -0.15) is 4.98 Å². The highest BCUT2D eigenvalue weighted by molar-refractivity contribution is 14.1. The lowest BCUT2D eigenvalue weighted by Gasteiger charge is -2.10. The molecule has 2 aromatic rings. The van der Waals surface area contributed by atoms with E-state index in [1.54, 1.807) is 0 Å². The topological polar surface area (TPSA) is 35.0 Å². The Kier molecular flexibility index (Phi) is 4.16. The number of halogens is 1. The van der Waals surface area contributed by atoms with E-state index in [0.29, 0.717) is 11.8 Å². The highest BCUT2D eigenvalue weighted by Crippen LogP contribution is 2.26. The molecule has 0 aliphatic carbocycles. The fourth-order valence-electron chi connectivity index (χ4n) is 1.51. The summed E-state index contributed by atoms with van der Waals surface area (Å²) in [4.78, 5) is 8.84. The second-order valence-electron chi connectivity index (χ2n) is 4.39. The van der Waals surface area contributed by atoms with Gasteiger partial charge in [-0.25, -0.2) is 4.98 Å². The summed E-state index contributed by atoms with van der Waals surface area (Å²) in [6, 6.07) is 9.74. The molecule has 94 valence electrons. The molecule has 0 aliphatic heterocycles. The van der Waals surface area contributed by atoms with Crippen molar-refractivity contribution in [2.75, 3.05) is 0 Å². The Morgan fingerprint density at radius 1 is 1.17 bits per heavy atom. The molecule has 1 heterocycles. The van der Waals surface area contributed by atoms with Gasteiger partial charge in [-0.05, 0) is 41.6 Å². The third-order valence-electron chi connectivity index (χ3n) is 2.42. The lowest BCUT2D eigenvalue weighted by atomic mass is 10.2. The first kappa shape index (κ1) is 13.3. The average molecular weight is 354 g/mol. The first-order valence-electron chi connectivity index (χ1n) is 5.84. The molecule has 18 heavy (non-hydrogen) atoms. The van der Waals surface area contributed by atoms with E-state index in [2.05, 4.69) is 46.4 Å². The van der Waals surface area contributed by atoms with Crippen molar-refractivity contribution in [3.8, 4) is 11.6 Å². The van der Waals surface area contributed by atoms with Gasteiger partial charge in [-0.15, -0.1) is 0 Å². The molecular weight excluding hydrogens is 339 g/mol. The largest absolute Gasteiger partial charge is 0.438 e. The van der Waals surface area contributed by atoms with E-state index < -0.39 is 0 Å². The molecule has 3 nitrogen and oxygen atoms in total. The molecule has 2 rings (SSSR count). The number of para-hydroxylation sites is 1. The predicted molar refractivity (Wildman–Crippen MR) is 80.1 cm³/mol. The summed E-state index contributed by atoms with van der Waals surface area (Å²) in [5, 5.41) is 0. The number of rotatable bonds is 3. The molecule has 0 unspecified atom stereocenters. The van der Waals surface area contributed by atoms with Crippen LogP contribution in [0.5, 0.6) is 11.6 Å². The Morgan fingerprint density at radius 3 is 2.56 bits per heavy atom. The minimum Gasteiger partial charge on any atom is -0.438 e. The lowest BCUT2D eigenvalue weighted by Crippen LogP contribution is -2.01. The van der Waals surface area contributed by atoms with E-state index in [0.717, 1.165) is 20.8 Å². The van der Waals surface area contributed by atoms with Crippen molar-refractivity contribution in [2.45, 2.75) is 26.7 Å². The van der Waals surface area contributed by atoms with Gasteiger partial charge in [0.15, 0.2) is 0 Å². The van der Waals surface area contributed by atoms with Crippen molar-refractivity contribution >= 4 is 22.6 Å². The maximum Gasteiger partial charge on any atom is 0.222 e. The van der Waals surface area contributed by atoms with Gasteiger partial charge < -0.3 is 4.74 Å². The molecule has 0 atom stereocenters. The number of nitrogens with zero attached hydrogens (tertiary/aromatic N) is 2. The fourth-order valence-corrected chi connectivity index (χ4v) is 2.01. The fraction of sp³-hybridized carbons (Fsp3) is 0.286. The molecule has 1 aromatic heterocycles. The number of benzene rings is 1. The zero-order valence-electron chi connectivity index (χ0n) is 10.6. The summed E-state index contributed by atoms with van der Waals surface area (Å²) in [7, 11) is 0. The Bertz CT molecular complexity index is 555. The quantitative estimate of drug-likeness (QED) is 0.771. The zero-order chi connectivity index (χ0) is 13.1. The van der Waals surface area contributed by atoms with Crippen LogP contribution in [0.25, 0.3) is 0 Å². The van der Waals surface area contributed by atoms with Crippen molar-refractivity contribution in [3.63, 3.8) is 0 Å². The van der Waals surface area contributed by atoms with Gasteiger partial charge >= 0.3 is 0 Å². The summed E-state index contributed by atoms with van der Waals surface area (Å²) in [5.41, 5.74) is 0.926. The van der Waals surface area contributed by atoms with Crippen LogP contribution in [0.1, 0.15) is 31.3 Å². The molecule has 0 aliphatic rings. The van der Waals surface area contributed by atoms with E-state index in [4.69, 9.17) is 4.74 Å². The van der Waals surface area contributed by atoms with Gasteiger partial charge in [-0.3, -0.25) is 0 Å². The van der Waals surface area contributed by atoms with Gasteiger partial charge in [-0.1, -0.05) is 26.0 Å². The maximum atomic E-state index is 5.82. The van der Waals surface area contributed by atoms with Crippen LogP contribution in [0.3, 0.4) is 0 Å². The summed E-state index contributed by atoms with van der Waals surface area (Å²) < 4.78 is 6.89.